The lowest BCUT2D eigenvalue weighted by Crippen LogP contribution is -1.90. The van der Waals surface area contributed by atoms with Gasteiger partial charge in [-0.3, -0.25) is 0 Å². The van der Waals surface area contributed by atoms with Crippen molar-refractivity contribution in [3.05, 3.63) is 29.8 Å². The molecular formula is C9H15OP. The molecule has 0 fully saturated rings. The summed E-state index contributed by atoms with van der Waals surface area (Å²) in [5, 5.41) is 1.00. The van der Waals surface area contributed by atoms with E-state index in [-0.39, 0.29) is 8.81 Å². The molecule has 0 bridgehead atoms. The van der Waals surface area contributed by atoms with Crippen LogP contribution in [-0.2, 0) is 0 Å². The molecule has 0 saturated heterocycles. The van der Waals surface area contributed by atoms with E-state index in [1.807, 2.05) is 45.0 Å². The van der Waals surface area contributed by atoms with Crippen LogP contribution >= 0.6 is 8.81 Å². The Balaban J connectivity index is 0.000000461. The molecule has 1 aromatic rings. The molecule has 0 heterocycles. The first-order chi connectivity index (χ1) is 5.33. The van der Waals surface area contributed by atoms with Crippen LogP contribution in [0.5, 0.6) is 0 Å². The number of hydrogen-bond donors (Lipinski definition) is 1. The average molecular weight is 170 g/mol. The van der Waals surface area contributed by atoms with Gasteiger partial charge >= 0.3 is 0 Å². The molecule has 0 aliphatic heterocycles. The van der Waals surface area contributed by atoms with E-state index in [2.05, 4.69) is 0 Å². The fourth-order valence-corrected chi connectivity index (χ4v) is 0.944. The molecule has 1 nitrogen and oxygen atoms in total. The Morgan fingerprint density at radius 3 is 1.91 bits per heavy atom. The molecular weight excluding hydrogens is 155 g/mol. The van der Waals surface area contributed by atoms with Crippen molar-refractivity contribution in [2.45, 2.75) is 20.8 Å². The van der Waals surface area contributed by atoms with Crippen molar-refractivity contribution >= 4 is 14.1 Å². The molecule has 0 spiro atoms. The fraction of sp³-hybridized carbons (Fsp3) is 0.333. The van der Waals surface area contributed by atoms with Crippen LogP contribution in [0, 0.1) is 6.92 Å². The molecule has 1 rings (SSSR count). The van der Waals surface area contributed by atoms with Crippen LogP contribution in [0.15, 0.2) is 24.3 Å². The molecule has 11 heavy (non-hydrogen) atoms. The van der Waals surface area contributed by atoms with Crippen molar-refractivity contribution in [3.63, 3.8) is 0 Å². The zero-order chi connectivity index (χ0) is 8.69. The molecule has 0 aliphatic rings. The van der Waals surface area contributed by atoms with E-state index >= 15 is 0 Å². The van der Waals surface area contributed by atoms with E-state index < -0.39 is 0 Å². The number of hydrogen-bond acceptors (Lipinski definition) is 1. The van der Waals surface area contributed by atoms with Gasteiger partial charge in [0.05, 0.1) is 0 Å². The standard InChI is InChI=1S/C7H9OP.C2H6/c1-6-2-4-7(9-8)5-3-6;1-2/h2-5,8-9H,1H3;1-2H3. The molecule has 0 aromatic heterocycles. The van der Waals surface area contributed by atoms with Crippen LogP contribution in [0.25, 0.3) is 0 Å². The summed E-state index contributed by atoms with van der Waals surface area (Å²) in [6.07, 6.45) is 0. The van der Waals surface area contributed by atoms with Gasteiger partial charge in [-0.25, -0.2) is 0 Å². The summed E-state index contributed by atoms with van der Waals surface area (Å²) in [7, 11) is -0.0736. The smallest absolute Gasteiger partial charge is 0.0420 e. The van der Waals surface area contributed by atoms with Crippen LogP contribution in [-0.4, -0.2) is 4.89 Å². The SMILES string of the molecule is CC.Cc1ccc(PO)cc1. The highest BCUT2D eigenvalue weighted by Crippen LogP contribution is 2.03. The summed E-state index contributed by atoms with van der Waals surface area (Å²) < 4.78 is 0. The van der Waals surface area contributed by atoms with Gasteiger partial charge in [0, 0.05) is 8.81 Å². The summed E-state index contributed by atoms with van der Waals surface area (Å²) >= 11 is 0. The molecule has 0 aliphatic carbocycles. The topological polar surface area (TPSA) is 20.2 Å². The minimum absolute atomic E-state index is 0.0736. The second kappa shape index (κ2) is 6.33. The summed E-state index contributed by atoms with van der Waals surface area (Å²) in [6.45, 7) is 6.03. The van der Waals surface area contributed by atoms with Gasteiger partial charge in [0.1, 0.15) is 0 Å². The van der Waals surface area contributed by atoms with E-state index in [0.29, 0.717) is 0 Å². The third kappa shape index (κ3) is 4.13. The minimum atomic E-state index is -0.0736. The highest BCUT2D eigenvalue weighted by atomic mass is 31.1. The molecule has 0 amide bonds. The normalized spacial score (nSPS) is 9.45. The first-order valence-corrected chi connectivity index (χ1v) is 4.74. The monoisotopic (exact) mass is 170 g/mol. The van der Waals surface area contributed by atoms with Gasteiger partial charge in [0.25, 0.3) is 0 Å². The first kappa shape index (κ1) is 10.6. The third-order valence-electron chi connectivity index (χ3n) is 1.18. The number of rotatable bonds is 1. The molecule has 0 saturated carbocycles. The molecule has 0 radical (unpaired) electrons. The van der Waals surface area contributed by atoms with Crippen molar-refractivity contribution in [2.24, 2.45) is 0 Å². The van der Waals surface area contributed by atoms with Crippen LogP contribution in [0.4, 0.5) is 0 Å². The quantitative estimate of drug-likeness (QED) is 0.641. The Morgan fingerprint density at radius 2 is 1.55 bits per heavy atom. The van der Waals surface area contributed by atoms with Crippen LogP contribution in [0.1, 0.15) is 19.4 Å². The van der Waals surface area contributed by atoms with Crippen LogP contribution < -0.4 is 5.30 Å². The lowest BCUT2D eigenvalue weighted by atomic mass is 10.2. The minimum Gasteiger partial charge on any atom is -0.372 e. The Kier molecular flexibility index (Phi) is 6.10. The first-order valence-electron chi connectivity index (χ1n) is 3.79. The van der Waals surface area contributed by atoms with E-state index in [0.717, 1.165) is 5.30 Å². The Bertz CT molecular complexity index is 181. The van der Waals surface area contributed by atoms with Gasteiger partial charge in [-0.2, -0.15) is 0 Å². The third-order valence-corrected chi connectivity index (χ3v) is 1.77. The maximum absolute atomic E-state index is 8.66. The van der Waals surface area contributed by atoms with E-state index in [4.69, 9.17) is 4.89 Å². The van der Waals surface area contributed by atoms with Crippen molar-refractivity contribution in [3.8, 4) is 0 Å². The summed E-state index contributed by atoms with van der Waals surface area (Å²) in [6, 6.07) is 7.87. The van der Waals surface area contributed by atoms with Gasteiger partial charge in [-0.15, -0.1) is 0 Å². The molecule has 1 N–H and O–H groups in total. The Morgan fingerprint density at radius 1 is 1.09 bits per heavy atom. The summed E-state index contributed by atoms with van der Waals surface area (Å²) in [4.78, 5) is 8.66. The van der Waals surface area contributed by atoms with E-state index in [1.54, 1.807) is 0 Å². The second-order valence-corrected chi connectivity index (χ2v) is 2.78. The van der Waals surface area contributed by atoms with Crippen molar-refractivity contribution in [1.82, 2.24) is 0 Å². The largest absolute Gasteiger partial charge is 0.372 e. The highest BCUT2D eigenvalue weighted by molar-refractivity contribution is 7.40. The Hall–Kier alpha value is -0.390. The van der Waals surface area contributed by atoms with Gasteiger partial charge in [-0.05, 0) is 12.2 Å². The summed E-state index contributed by atoms with van der Waals surface area (Å²) in [5.74, 6) is 0. The molecule has 62 valence electrons. The lowest BCUT2D eigenvalue weighted by Gasteiger charge is -1.93. The lowest BCUT2D eigenvalue weighted by molar-refractivity contribution is 0.655. The summed E-state index contributed by atoms with van der Waals surface area (Å²) in [5.41, 5.74) is 1.23. The molecule has 1 atom stereocenters. The number of benzene rings is 1. The van der Waals surface area contributed by atoms with Crippen molar-refractivity contribution < 1.29 is 4.89 Å². The zero-order valence-corrected chi connectivity index (χ0v) is 8.26. The van der Waals surface area contributed by atoms with Gasteiger partial charge in [-0.1, -0.05) is 43.7 Å². The molecule has 1 unspecified atom stereocenters. The van der Waals surface area contributed by atoms with E-state index in [1.165, 1.54) is 5.56 Å². The average Bonchev–Trinajstić information content (AvgIpc) is 2.10. The highest BCUT2D eigenvalue weighted by Gasteiger charge is 1.86. The molecule has 2 heteroatoms. The van der Waals surface area contributed by atoms with E-state index in [9.17, 15) is 0 Å². The van der Waals surface area contributed by atoms with Crippen LogP contribution in [0.2, 0.25) is 0 Å². The van der Waals surface area contributed by atoms with Gasteiger partial charge in [0.2, 0.25) is 0 Å². The fourth-order valence-electron chi connectivity index (χ4n) is 0.628. The maximum Gasteiger partial charge on any atom is 0.0420 e. The van der Waals surface area contributed by atoms with Crippen molar-refractivity contribution in [1.29, 1.82) is 0 Å². The molecule has 1 aromatic carbocycles. The van der Waals surface area contributed by atoms with Gasteiger partial charge in [0.15, 0.2) is 0 Å². The van der Waals surface area contributed by atoms with Crippen molar-refractivity contribution in [2.75, 3.05) is 0 Å². The zero-order valence-electron chi connectivity index (χ0n) is 7.26. The predicted octanol–water partition coefficient (Wildman–Crippen LogP) is 2.23. The predicted molar refractivity (Wildman–Crippen MR) is 52.7 cm³/mol. The van der Waals surface area contributed by atoms with Crippen LogP contribution in [0.3, 0.4) is 0 Å². The Labute approximate surface area is 70.3 Å². The second-order valence-electron chi connectivity index (χ2n) is 1.98. The number of aryl methyl sites for hydroxylation is 1. The van der Waals surface area contributed by atoms with Gasteiger partial charge < -0.3 is 4.89 Å². The maximum atomic E-state index is 8.66.